The van der Waals surface area contributed by atoms with Crippen molar-refractivity contribution in [2.75, 3.05) is 13.2 Å². The van der Waals surface area contributed by atoms with Crippen molar-refractivity contribution in [2.24, 2.45) is 5.41 Å². The van der Waals surface area contributed by atoms with E-state index in [1.54, 1.807) is 13.0 Å². The van der Waals surface area contributed by atoms with Gasteiger partial charge in [-0.1, -0.05) is 19.9 Å². The van der Waals surface area contributed by atoms with Crippen molar-refractivity contribution in [3.05, 3.63) is 12.2 Å². The van der Waals surface area contributed by atoms with E-state index >= 15 is 0 Å². The van der Waals surface area contributed by atoms with Gasteiger partial charge in [-0.15, -0.1) is 0 Å². The molecule has 0 spiro atoms. The van der Waals surface area contributed by atoms with Gasteiger partial charge in [0.05, 0.1) is 0 Å². The summed E-state index contributed by atoms with van der Waals surface area (Å²) in [6, 6.07) is 0. The van der Waals surface area contributed by atoms with Gasteiger partial charge in [0.2, 0.25) is 5.91 Å². The molecule has 0 rings (SSSR count). The molecule has 0 bridgehead atoms. The summed E-state index contributed by atoms with van der Waals surface area (Å²) in [7, 11) is 0. The summed E-state index contributed by atoms with van der Waals surface area (Å²) < 4.78 is 0. The standard InChI is InChI=1S/C10H19NO2/c1-4-5-9(13)11-8-10(2,3)6-7-12/h4-5,12H,6-8H2,1-3H3,(H,11,13)/b5-4+. The van der Waals surface area contributed by atoms with Crippen LogP contribution in [0.1, 0.15) is 27.2 Å². The SMILES string of the molecule is C/C=C/C(=O)NCC(C)(C)CCO. The molecule has 0 heterocycles. The quantitative estimate of drug-likeness (QED) is 0.630. The van der Waals surface area contributed by atoms with Gasteiger partial charge >= 0.3 is 0 Å². The minimum absolute atomic E-state index is 0.0357. The molecular formula is C10H19NO2. The van der Waals surface area contributed by atoms with E-state index in [2.05, 4.69) is 5.32 Å². The highest BCUT2D eigenvalue weighted by molar-refractivity contribution is 5.87. The topological polar surface area (TPSA) is 49.3 Å². The van der Waals surface area contributed by atoms with E-state index in [4.69, 9.17) is 5.11 Å². The molecule has 0 aromatic carbocycles. The van der Waals surface area contributed by atoms with Gasteiger partial charge in [0.1, 0.15) is 0 Å². The molecule has 0 aromatic heterocycles. The largest absolute Gasteiger partial charge is 0.396 e. The van der Waals surface area contributed by atoms with Crippen LogP contribution >= 0.6 is 0 Å². The highest BCUT2D eigenvalue weighted by Crippen LogP contribution is 2.17. The number of carbonyl (C=O) groups excluding carboxylic acids is 1. The minimum atomic E-state index is -0.0754. The van der Waals surface area contributed by atoms with Gasteiger partial charge in [-0.3, -0.25) is 4.79 Å². The zero-order valence-corrected chi connectivity index (χ0v) is 8.63. The summed E-state index contributed by atoms with van der Waals surface area (Å²) >= 11 is 0. The van der Waals surface area contributed by atoms with Crippen LogP contribution < -0.4 is 5.32 Å². The third-order valence-electron chi connectivity index (χ3n) is 1.85. The number of allylic oxidation sites excluding steroid dienone is 1. The van der Waals surface area contributed by atoms with Gasteiger partial charge < -0.3 is 10.4 Å². The van der Waals surface area contributed by atoms with Crippen LogP contribution in [-0.2, 0) is 4.79 Å². The average molecular weight is 185 g/mol. The normalized spacial score (nSPS) is 12.0. The third kappa shape index (κ3) is 6.34. The minimum Gasteiger partial charge on any atom is -0.396 e. The van der Waals surface area contributed by atoms with Crippen LogP contribution in [0.2, 0.25) is 0 Å². The molecule has 0 aromatic rings. The highest BCUT2D eigenvalue weighted by Gasteiger charge is 2.17. The van der Waals surface area contributed by atoms with Crippen LogP contribution in [0.3, 0.4) is 0 Å². The van der Waals surface area contributed by atoms with Crippen LogP contribution in [0.15, 0.2) is 12.2 Å². The molecule has 76 valence electrons. The molecule has 3 heteroatoms. The van der Waals surface area contributed by atoms with E-state index in [1.807, 2.05) is 13.8 Å². The molecule has 0 aliphatic heterocycles. The Labute approximate surface area is 79.8 Å². The Morgan fingerprint density at radius 2 is 2.15 bits per heavy atom. The van der Waals surface area contributed by atoms with Crippen molar-refractivity contribution in [3.63, 3.8) is 0 Å². The van der Waals surface area contributed by atoms with Crippen LogP contribution in [0, 0.1) is 5.41 Å². The summed E-state index contributed by atoms with van der Waals surface area (Å²) in [6.45, 7) is 6.58. The van der Waals surface area contributed by atoms with Gasteiger partial charge in [-0.2, -0.15) is 0 Å². The van der Waals surface area contributed by atoms with Crippen molar-refractivity contribution in [1.29, 1.82) is 0 Å². The maximum atomic E-state index is 11.0. The molecule has 0 aliphatic rings. The molecule has 0 fully saturated rings. The Hall–Kier alpha value is -0.830. The van der Waals surface area contributed by atoms with E-state index in [0.29, 0.717) is 13.0 Å². The molecule has 0 aliphatic carbocycles. The van der Waals surface area contributed by atoms with Gasteiger partial charge in [-0.25, -0.2) is 0 Å². The zero-order valence-electron chi connectivity index (χ0n) is 8.63. The number of rotatable bonds is 5. The van der Waals surface area contributed by atoms with Gasteiger partial charge in [-0.05, 0) is 24.8 Å². The summed E-state index contributed by atoms with van der Waals surface area (Å²) in [6.07, 6.45) is 3.90. The van der Waals surface area contributed by atoms with Crippen LogP contribution in [0.5, 0.6) is 0 Å². The van der Waals surface area contributed by atoms with E-state index in [9.17, 15) is 4.79 Å². The first-order chi connectivity index (χ1) is 6.02. The summed E-state index contributed by atoms with van der Waals surface area (Å²) in [4.78, 5) is 11.0. The van der Waals surface area contributed by atoms with Gasteiger partial charge in [0.25, 0.3) is 0 Å². The second-order valence-electron chi connectivity index (χ2n) is 3.86. The van der Waals surface area contributed by atoms with Crippen LogP contribution in [-0.4, -0.2) is 24.2 Å². The number of carbonyl (C=O) groups is 1. The van der Waals surface area contributed by atoms with Gasteiger partial charge in [0.15, 0.2) is 0 Å². The Bertz CT molecular complexity index is 185. The third-order valence-corrected chi connectivity index (χ3v) is 1.85. The lowest BCUT2D eigenvalue weighted by molar-refractivity contribution is -0.117. The Kier molecular flexibility index (Phi) is 5.39. The number of hydrogen-bond acceptors (Lipinski definition) is 2. The highest BCUT2D eigenvalue weighted by atomic mass is 16.3. The number of nitrogens with one attached hydrogen (secondary N) is 1. The van der Waals surface area contributed by atoms with Crippen molar-refractivity contribution < 1.29 is 9.90 Å². The van der Waals surface area contributed by atoms with Crippen molar-refractivity contribution >= 4 is 5.91 Å². The Morgan fingerprint density at radius 3 is 2.62 bits per heavy atom. The van der Waals surface area contributed by atoms with E-state index < -0.39 is 0 Å². The number of aliphatic hydroxyl groups excluding tert-OH is 1. The number of amides is 1. The van der Waals surface area contributed by atoms with E-state index in [-0.39, 0.29) is 17.9 Å². The lowest BCUT2D eigenvalue weighted by Crippen LogP contribution is -2.33. The summed E-state index contributed by atoms with van der Waals surface area (Å²) in [5.74, 6) is -0.0754. The molecule has 13 heavy (non-hydrogen) atoms. The smallest absolute Gasteiger partial charge is 0.243 e. The first-order valence-corrected chi connectivity index (χ1v) is 4.53. The average Bonchev–Trinajstić information content (AvgIpc) is 2.02. The van der Waals surface area contributed by atoms with E-state index in [0.717, 1.165) is 0 Å². The molecule has 0 unspecified atom stereocenters. The second kappa shape index (κ2) is 5.75. The molecule has 0 saturated carbocycles. The lowest BCUT2D eigenvalue weighted by Gasteiger charge is -2.23. The Balaban J connectivity index is 3.80. The molecule has 1 amide bonds. The predicted octanol–water partition coefficient (Wildman–Crippen LogP) is 1.09. The fraction of sp³-hybridized carbons (Fsp3) is 0.700. The molecule has 0 saturated heterocycles. The molecule has 3 nitrogen and oxygen atoms in total. The summed E-state index contributed by atoms with van der Waals surface area (Å²) in [5, 5.41) is 11.5. The fourth-order valence-corrected chi connectivity index (χ4v) is 0.928. The lowest BCUT2D eigenvalue weighted by atomic mass is 9.90. The molecular weight excluding hydrogens is 166 g/mol. The Morgan fingerprint density at radius 1 is 1.54 bits per heavy atom. The molecule has 0 atom stereocenters. The van der Waals surface area contributed by atoms with Crippen LogP contribution in [0.4, 0.5) is 0 Å². The monoisotopic (exact) mass is 185 g/mol. The number of aliphatic hydroxyl groups is 1. The number of hydrogen-bond donors (Lipinski definition) is 2. The fourth-order valence-electron chi connectivity index (χ4n) is 0.928. The maximum absolute atomic E-state index is 11.0. The summed E-state index contributed by atoms with van der Waals surface area (Å²) in [5.41, 5.74) is -0.0357. The van der Waals surface area contributed by atoms with Gasteiger partial charge in [0, 0.05) is 13.2 Å². The van der Waals surface area contributed by atoms with Crippen molar-refractivity contribution in [3.8, 4) is 0 Å². The zero-order chi connectivity index (χ0) is 10.3. The second-order valence-corrected chi connectivity index (χ2v) is 3.86. The van der Waals surface area contributed by atoms with E-state index in [1.165, 1.54) is 6.08 Å². The maximum Gasteiger partial charge on any atom is 0.243 e. The molecule has 2 N–H and O–H groups in total. The van der Waals surface area contributed by atoms with Crippen molar-refractivity contribution in [2.45, 2.75) is 27.2 Å². The first kappa shape index (κ1) is 12.2. The van der Waals surface area contributed by atoms with Crippen LogP contribution in [0.25, 0.3) is 0 Å². The van der Waals surface area contributed by atoms with Crippen molar-refractivity contribution in [1.82, 2.24) is 5.32 Å². The molecule has 0 radical (unpaired) electrons. The first-order valence-electron chi connectivity index (χ1n) is 4.53. The predicted molar refractivity (Wildman–Crippen MR) is 53.3 cm³/mol.